The first-order chi connectivity index (χ1) is 8.97. The number of rotatable bonds is 2. The monoisotopic (exact) mass is 334 g/mol. The Morgan fingerprint density at radius 1 is 1.53 bits per heavy atom. The average molecular weight is 335 g/mol. The molecule has 104 valence electrons. The van der Waals surface area contributed by atoms with E-state index in [1.807, 2.05) is 11.9 Å². The van der Waals surface area contributed by atoms with Gasteiger partial charge in [-0.3, -0.25) is 4.79 Å². The van der Waals surface area contributed by atoms with Crippen LogP contribution >= 0.6 is 15.9 Å². The van der Waals surface area contributed by atoms with E-state index < -0.39 is 23.6 Å². The van der Waals surface area contributed by atoms with Crippen LogP contribution < -0.4 is 5.32 Å². The number of nitrogens with one attached hydrogen (secondary N) is 1. The Labute approximate surface area is 117 Å². The van der Waals surface area contributed by atoms with Gasteiger partial charge in [-0.05, 0) is 29.0 Å². The van der Waals surface area contributed by atoms with Gasteiger partial charge >= 0.3 is 0 Å². The summed E-state index contributed by atoms with van der Waals surface area (Å²) in [6.45, 7) is 1.59. The molecule has 0 bridgehead atoms. The second-order valence-corrected chi connectivity index (χ2v) is 5.21. The standard InChI is InChI=1S/C12H13BrF2N2O2/c1-17-2-3-19-10(6-17)12(18)16-9-5-7(14)4-8(13)11(9)15/h4-5,10H,2-3,6H2,1H3,(H,16,18)/t10-/m0/s1. The van der Waals surface area contributed by atoms with E-state index in [1.54, 1.807) is 0 Å². The third-order valence-electron chi connectivity index (χ3n) is 2.81. The number of carbonyl (C=O) groups excluding carboxylic acids is 1. The molecule has 4 nitrogen and oxygen atoms in total. The molecule has 1 saturated heterocycles. The zero-order valence-electron chi connectivity index (χ0n) is 10.3. The number of morpholine rings is 1. The van der Waals surface area contributed by atoms with Crippen LogP contribution in [0.4, 0.5) is 14.5 Å². The first kappa shape index (κ1) is 14.4. The summed E-state index contributed by atoms with van der Waals surface area (Å²) < 4.78 is 32.1. The van der Waals surface area contributed by atoms with E-state index in [9.17, 15) is 13.6 Å². The SMILES string of the molecule is CN1CCO[C@H](C(=O)Nc2cc(F)cc(Br)c2F)C1. The minimum atomic E-state index is -0.709. The highest BCUT2D eigenvalue weighted by Crippen LogP contribution is 2.25. The summed E-state index contributed by atoms with van der Waals surface area (Å²) >= 11 is 2.89. The summed E-state index contributed by atoms with van der Waals surface area (Å²) in [6, 6.07) is 1.93. The van der Waals surface area contributed by atoms with Crippen LogP contribution in [0.5, 0.6) is 0 Å². The Morgan fingerprint density at radius 2 is 2.26 bits per heavy atom. The summed E-state index contributed by atoms with van der Waals surface area (Å²) in [6.07, 6.45) is -0.680. The highest BCUT2D eigenvalue weighted by atomic mass is 79.9. The molecule has 1 aromatic carbocycles. The number of hydrogen-bond acceptors (Lipinski definition) is 3. The normalized spacial score (nSPS) is 20.3. The fourth-order valence-corrected chi connectivity index (χ4v) is 2.23. The maximum Gasteiger partial charge on any atom is 0.254 e. The maximum atomic E-state index is 13.7. The third-order valence-corrected chi connectivity index (χ3v) is 3.39. The first-order valence-corrected chi connectivity index (χ1v) is 6.52. The second-order valence-electron chi connectivity index (χ2n) is 4.36. The number of anilines is 1. The van der Waals surface area contributed by atoms with Crippen molar-refractivity contribution in [2.45, 2.75) is 6.10 Å². The van der Waals surface area contributed by atoms with E-state index in [1.165, 1.54) is 0 Å². The largest absolute Gasteiger partial charge is 0.366 e. The van der Waals surface area contributed by atoms with Gasteiger partial charge in [0.2, 0.25) is 0 Å². The van der Waals surface area contributed by atoms with Crippen LogP contribution in [0.2, 0.25) is 0 Å². The van der Waals surface area contributed by atoms with Gasteiger partial charge in [-0.25, -0.2) is 8.78 Å². The van der Waals surface area contributed by atoms with Crippen LogP contribution in [0.3, 0.4) is 0 Å². The van der Waals surface area contributed by atoms with E-state index in [0.29, 0.717) is 13.2 Å². The van der Waals surface area contributed by atoms with E-state index in [4.69, 9.17) is 4.74 Å². The summed E-state index contributed by atoms with van der Waals surface area (Å²) in [5.41, 5.74) is -0.200. The second kappa shape index (κ2) is 5.94. The van der Waals surface area contributed by atoms with Crippen molar-refractivity contribution in [2.75, 3.05) is 32.1 Å². The first-order valence-electron chi connectivity index (χ1n) is 5.73. The molecule has 0 aromatic heterocycles. The molecule has 0 radical (unpaired) electrons. The van der Waals surface area contributed by atoms with Crippen molar-refractivity contribution >= 4 is 27.5 Å². The predicted molar refractivity (Wildman–Crippen MR) is 69.9 cm³/mol. The Balaban J connectivity index is 2.10. The minimum Gasteiger partial charge on any atom is -0.366 e. The summed E-state index contributed by atoms with van der Waals surface area (Å²) in [4.78, 5) is 13.9. The van der Waals surface area contributed by atoms with Crippen LogP contribution in [-0.2, 0) is 9.53 Å². The van der Waals surface area contributed by atoms with Crippen LogP contribution in [-0.4, -0.2) is 43.7 Å². The summed E-state index contributed by atoms with van der Waals surface area (Å²) in [5.74, 6) is -1.83. The molecular weight excluding hydrogens is 322 g/mol. The molecular formula is C12H13BrF2N2O2. The van der Waals surface area contributed by atoms with E-state index in [-0.39, 0.29) is 10.2 Å². The van der Waals surface area contributed by atoms with Gasteiger partial charge in [-0.1, -0.05) is 0 Å². The van der Waals surface area contributed by atoms with E-state index in [2.05, 4.69) is 21.2 Å². The topological polar surface area (TPSA) is 41.6 Å². The fraction of sp³-hybridized carbons (Fsp3) is 0.417. The van der Waals surface area contributed by atoms with Gasteiger partial charge in [0.15, 0.2) is 5.82 Å². The highest BCUT2D eigenvalue weighted by molar-refractivity contribution is 9.10. The predicted octanol–water partition coefficient (Wildman–Crippen LogP) is 2.00. The van der Waals surface area contributed by atoms with Crippen LogP contribution in [0.1, 0.15) is 0 Å². The fourth-order valence-electron chi connectivity index (χ4n) is 1.80. The molecule has 1 aliphatic heterocycles. The number of carbonyl (C=O) groups is 1. The molecule has 0 spiro atoms. The maximum absolute atomic E-state index is 13.7. The van der Waals surface area contributed by atoms with Crippen LogP contribution in [0.15, 0.2) is 16.6 Å². The molecule has 7 heteroatoms. The number of nitrogens with zero attached hydrogens (tertiary/aromatic N) is 1. The van der Waals surface area contributed by atoms with Gasteiger partial charge < -0.3 is 15.0 Å². The van der Waals surface area contributed by atoms with Gasteiger partial charge in [0.25, 0.3) is 5.91 Å². The minimum absolute atomic E-state index is 0.0375. The number of hydrogen-bond donors (Lipinski definition) is 1. The van der Waals surface area contributed by atoms with Crippen molar-refractivity contribution in [3.63, 3.8) is 0 Å². The van der Waals surface area contributed by atoms with E-state index in [0.717, 1.165) is 18.7 Å². The molecule has 1 fully saturated rings. The Morgan fingerprint density at radius 3 is 2.95 bits per heavy atom. The van der Waals surface area contributed by atoms with Crippen molar-refractivity contribution < 1.29 is 18.3 Å². The molecule has 0 unspecified atom stereocenters. The van der Waals surface area contributed by atoms with Crippen LogP contribution in [0.25, 0.3) is 0 Å². The number of amides is 1. The lowest BCUT2D eigenvalue weighted by Gasteiger charge is -2.29. The quantitative estimate of drug-likeness (QED) is 0.841. The number of halogens is 3. The number of benzene rings is 1. The lowest BCUT2D eigenvalue weighted by atomic mass is 10.2. The lowest BCUT2D eigenvalue weighted by Crippen LogP contribution is -2.46. The lowest BCUT2D eigenvalue weighted by molar-refractivity contribution is -0.132. The molecule has 1 N–H and O–H groups in total. The Hall–Kier alpha value is -1.05. The zero-order chi connectivity index (χ0) is 14.0. The smallest absolute Gasteiger partial charge is 0.254 e. The summed E-state index contributed by atoms with van der Waals surface area (Å²) in [5, 5.41) is 2.35. The van der Waals surface area contributed by atoms with Gasteiger partial charge in [0, 0.05) is 19.2 Å². The van der Waals surface area contributed by atoms with Gasteiger partial charge in [-0.15, -0.1) is 0 Å². The highest BCUT2D eigenvalue weighted by Gasteiger charge is 2.25. The average Bonchev–Trinajstić information content (AvgIpc) is 2.35. The molecule has 1 aliphatic rings. The molecule has 1 heterocycles. The Kier molecular flexibility index (Phi) is 4.49. The zero-order valence-corrected chi connectivity index (χ0v) is 11.8. The number of ether oxygens (including phenoxy) is 1. The molecule has 1 atom stereocenters. The van der Waals surface area contributed by atoms with Crippen molar-refractivity contribution in [1.82, 2.24) is 4.90 Å². The van der Waals surface area contributed by atoms with Crippen molar-refractivity contribution in [1.29, 1.82) is 0 Å². The van der Waals surface area contributed by atoms with Gasteiger partial charge in [-0.2, -0.15) is 0 Å². The van der Waals surface area contributed by atoms with Crippen LogP contribution in [0, 0.1) is 11.6 Å². The van der Waals surface area contributed by atoms with Crippen molar-refractivity contribution in [3.05, 3.63) is 28.2 Å². The molecule has 2 rings (SSSR count). The molecule has 19 heavy (non-hydrogen) atoms. The van der Waals surface area contributed by atoms with Crippen molar-refractivity contribution in [2.24, 2.45) is 0 Å². The van der Waals surface area contributed by atoms with Gasteiger partial charge in [0.05, 0.1) is 16.8 Å². The molecule has 0 aliphatic carbocycles. The summed E-state index contributed by atoms with van der Waals surface area (Å²) in [7, 11) is 1.86. The van der Waals surface area contributed by atoms with E-state index >= 15 is 0 Å². The number of likely N-dealkylation sites (N-methyl/N-ethyl adjacent to an activating group) is 1. The molecule has 1 amide bonds. The Bertz CT molecular complexity index is 499. The third kappa shape index (κ3) is 3.49. The van der Waals surface area contributed by atoms with Crippen molar-refractivity contribution in [3.8, 4) is 0 Å². The van der Waals surface area contributed by atoms with Gasteiger partial charge in [0.1, 0.15) is 11.9 Å². The molecule has 1 aromatic rings. The molecule has 0 saturated carbocycles.